The number of benzene rings is 2. The Kier molecular flexibility index (Phi) is 6.39. The van der Waals surface area contributed by atoms with E-state index in [0.717, 1.165) is 16.8 Å². The molecule has 2 amide bonds. The van der Waals surface area contributed by atoms with Gasteiger partial charge in [-0.3, -0.25) is 9.59 Å². The first-order chi connectivity index (χ1) is 12.0. The van der Waals surface area contributed by atoms with E-state index in [1.807, 2.05) is 31.2 Å². The number of hydrogen-bond acceptors (Lipinski definition) is 4. The van der Waals surface area contributed by atoms with Crippen molar-refractivity contribution in [3.05, 3.63) is 53.6 Å². The maximum atomic E-state index is 11.9. The summed E-state index contributed by atoms with van der Waals surface area (Å²) in [4.78, 5) is 22.9. The van der Waals surface area contributed by atoms with Crippen molar-refractivity contribution in [3.8, 4) is 11.5 Å². The summed E-state index contributed by atoms with van der Waals surface area (Å²) in [5, 5.41) is 5.48. The second kappa shape index (κ2) is 8.73. The van der Waals surface area contributed by atoms with Crippen LogP contribution in [0.2, 0.25) is 0 Å². The predicted octanol–water partition coefficient (Wildman–Crippen LogP) is 2.66. The molecule has 0 aliphatic carbocycles. The highest BCUT2D eigenvalue weighted by molar-refractivity contribution is 5.88. The predicted molar refractivity (Wildman–Crippen MR) is 95.8 cm³/mol. The molecular weight excluding hydrogens is 320 g/mol. The highest BCUT2D eigenvalue weighted by atomic mass is 16.5. The lowest BCUT2D eigenvalue weighted by atomic mass is 10.2. The van der Waals surface area contributed by atoms with Crippen molar-refractivity contribution in [1.82, 2.24) is 5.32 Å². The average molecular weight is 342 g/mol. The van der Waals surface area contributed by atoms with Crippen LogP contribution in [-0.2, 0) is 16.1 Å². The van der Waals surface area contributed by atoms with E-state index in [4.69, 9.17) is 9.47 Å². The Balaban J connectivity index is 1.82. The molecule has 0 saturated carbocycles. The summed E-state index contributed by atoms with van der Waals surface area (Å²) in [6.07, 6.45) is 0. The number of nitrogens with one attached hydrogen (secondary N) is 2. The number of ether oxygens (including phenoxy) is 2. The van der Waals surface area contributed by atoms with Crippen molar-refractivity contribution in [2.45, 2.75) is 20.4 Å². The van der Waals surface area contributed by atoms with E-state index >= 15 is 0 Å². The van der Waals surface area contributed by atoms with Gasteiger partial charge in [-0.15, -0.1) is 0 Å². The Morgan fingerprint density at radius 3 is 2.40 bits per heavy atom. The molecule has 0 radical (unpaired) electrons. The van der Waals surface area contributed by atoms with Gasteiger partial charge in [0.15, 0.2) is 18.1 Å². The molecule has 2 aromatic rings. The first-order valence-corrected chi connectivity index (χ1v) is 7.88. The van der Waals surface area contributed by atoms with Crippen LogP contribution in [0, 0.1) is 6.92 Å². The van der Waals surface area contributed by atoms with Gasteiger partial charge in [-0.2, -0.15) is 0 Å². The molecule has 6 heteroatoms. The van der Waals surface area contributed by atoms with Crippen molar-refractivity contribution in [2.24, 2.45) is 0 Å². The monoisotopic (exact) mass is 342 g/mol. The molecule has 6 nitrogen and oxygen atoms in total. The quantitative estimate of drug-likeness (QED) is 0.811. The number of aryl methyl sites for hydroxylation is 1. The molecule has 2 N–H and O–H groups in total. The van der Waals surface area contributed by atoms with Gasteiger partial charge in [0.2, 0.25) is 5.91 Å². The van der Waals surface area contributed by atoms with Crippen LogP contribution in [0.3, 0.4) is 0 Å². The van der Waals surface area contributed by atoms with Gasteiger partial charge < -0.3 is 20.1 Å². The number of methoxy groups -OCH3 is 1. The van der Waals surface area contributed by atoms with E-state index in [1.165, 1.54) is 6.92 Å². The molecule has 2 aromatic carbocycles. The fourth-order valence-electron chi connectivity index (χ4n) is 2.20. The Bertz CT molecular complexity index is 742. The van der Waals surface area contributed by atoms with Gasteiger partial charge in [-0.1, -0.05) is 18.2 Å². The van der Waals surface area contributed by atoms with E-state index in [-0.39, 0.29) is 18.4 Å². The van der Waals surface area contributed by atoms with Crippen LogP contribution in [0.15, 0.2) is 42.5 Å². The van der Waals surface area contributed by atoms with E-state index in [0.29, 0.717) is 18.0 Å². The Hall–Kier alpha value is -3.02. The molecule has 0 heterocycles. The standard InChI is InChI=1S/C19H22N2O4/c1-13-4-9-17(18(10-13)24-3)25-12-19(23)20-11-15-5-7-16(8-6-15)21-14(2)22/h4-10H,11-12H2,1-3H3,(H,20,23)(H,21,22). The summed E-state index contributed by atoms with van der Waals surface area (Å²) in [6, 6.07) is 12.8. The minimum Gasteiger partial charge on any atom is -0.493 e. The van der Waals surface area contributed by atoms with Crippen molar-refractivity contribution < 1.29 is 19.1 Å². The average Bonchev–Trinajstić information content (AvgIpc) is 2.59. The number of carbonyl (C=O) groups is 2. The third kappa shape index (κ3) is 5.84. The first kappa shape index (κ1) is 18.3. The number of anilines is 1. The van der Waals surface area contributed by atoms with Crippen LogP contribution in [0.1, 0.15) is 18.1 Å². The number of rotatable bonds is 7. The zero-order valence-electron chi connectivity index (χ0n) is 14.6. The smallest absolute Gasteiger partial charge is 0.258 e. The lowest BCUT2D eigenvalue weighted by Crippen LogP contribution is -2.28. The van der Waals surface area contributed by atoms with Crippen LogP contribution in [0.25, 0.3) is 0 Å². The van der Waals surface area contributed by atoms with Gasteiger partial charge in [0.1, 0.15) is 0 Å². The van der Waals surface area contributed by atoms with Gasteiger partial charge in [0.05, 0.1) is 7.11 Å². The van der Waals surface area contributed by atoms with E-state index < -0.39 is 0 Å². The number of amides is 2. The van der Waals surface area contributed by atoms with Crippen LogP contribution in [0.5, 0.6) is 11.5 Å². The summed E-state index contributed by atoms with van der Waals surface area (Å²) in [7, 11) is 1.56. The normalized spacial score (nSPS) is 10.0. The van der Waals surface area contributed by atoms with E-state index in [2.05, 4.69) is 10.6 Å². The summed E-state index contributed by atoms with van der Waals surface area (Å²) in [6.45, 7) is 3.70. The SMILES string of the molecule is COc1cc(C)ccc1OCC(=O)NCc1ccc(NC(C)=O)cc1. The lowest BCUT2D eigenvalue weighted by Gasteiger charge is -2.11. The van der Waals surface area contributed by atoms with Crippen LogP contribution in [0.4, 0.5) is 5.69 Å². The van der Waals surface area contributed by atoms with Gasteiger partial charge in [0, 0.05) is 19.2 Å². The zero-order valence-corrected chi connectivity index (χ0v) is 14.6. The summed E-state index contributed by atoms with van der Waals surface area (Å²) < 4.78 is 10.8. The van der Waals surface area contributed by atoms with Gasteiger partial charge in [-0.05, 0) is 42.3 Å². The molecule has 0 atom stereocenters. The molecule has 2 rings (SSSR count). The Labute approximate surface area is 147 Å². The Morgan fingerprint density at radius 1 is 1.04 bits per heavy atom. The molecule has 0 aromatic heterocycles. The van der Waals surface area contributed by atoms with Crippen LogP contribution in [-0.4, -0.2) is 25.5 Å². The van der Waals surface area contributed by atoms with Crippen LogP contribution >= 0.6 is 0 Å². The molecule has 0 bridgehead atoms. The second-order valence-corrected chi connectivity index (χ2v) is 5.60. The van der Waals surface area contributed by atoms with E-state index in [1.54, 1.807) is 25.3 Å². The molecule has 0 fully saturated rings. The third-order valence-corrected chi connectivity index (χ3v) is 3.44. The fourth-order valence-corrected chi connectivity index (χ4v) is 2.20. The largest absolute Gasteiger partial charge is 0.493 e. The number of hydrogen-bond donors (Lipinski definition) is 2. The van der Waals surface area contributed by atoms with Crippen LogP contribution < -0.4 is 20.1 Å². The summed E-state index contributed by atoms with van der Waals surface area (Å²) in [5.41, 5.74) is 2.70. The molecule has 0 aliphatic heterocycles. The highest BCUT2D eigenvalue weighted by Gasteiger charge is 2.08. The highest BCUT2D eigenvalue weighted by Crippen LogP contribution is 2.27. The van der Waals surface area contributed by atoms with Crippen molar-refractivity contribution in [2.75, 3.05) is 19.0 Å². The molecule has 0 saturated heterocycles. The molecule has 0 aliphatic rings. The van der Waals surface area contributed by atoms with Gasteiger partial charge in [-0.25, -0.2) is 0 Å². The fraction of sp³-hybridized carbons (Fsp3) is 0.263. The van der Waals surface area contributed by atoms with Crippen molar-refractivity contribution >= 4 is 17.5 Å². The second-order valence-electron chi connectivity index (χ2n) is 5.60. The summed E-state index contributed by atoms with van der Waals surface area (Å²) in [5.74, 6) is 0.780. The van der Waals surface area contributed by atoms with Gasteiger partial charge in [0.25, 0.3) is 5.91 Å². The maximum absolute atomic E-state index is 11.9. The topological polar surface area (TPSA) is 76.7 Å². The summed E-state index contributed by atoms with van der Waals surface area (Å²) >= 11 is 0. The Morgan fingerprint density at radius 2 is 1.76 bits per heavy atom. The molecule has 0 unspecified atom stereocenters. The maximum Gasteiger partial charge on any atom is 0.258 e. The molecule has 25 heavy (non-hydrogen) atoms. The first-order valence-electron chi connectivity index (χ1n) is 7.88. The lowest BCUT2D eigenvalue weighted by molar-refractivity contribution is -0.123. The molecule has 132 valence electrons. The van der Waals surface area contributed by atoms with Crippen molar-refractivity contribution in [1.29, 1.82) is 0 Å². The van der Waals surface area contributed by atoms with E-state index in [9.17, 15) is 9.59 Å². The number of carbonyl (C=O) groups excluding carboxylic acids is 2. The zero-order chi connectivity index (χ0) is 18.2. The van der Waals surface area contributed by atoms with Gasteiger partial charge >= 0.3 is 0 Å². The minimum atomic E-state index is -0.228. The van der Waals surface area contributed by atoms with Crippen molar-refractivity contribution in [3.63, 3.8) is 0 Å². The third-order valence-electron chi connectivity index (χ3n) is 3.44. The minimum absolute atomic E-state index is 0.0939. The molecule has 0 spiro atoms. The molecular formula is C19H22N2O4.